The van der Waals surface area contributed by atoms with Crippen LogP contribution in [0, 0.1) is 12.7 Å². The maximum atomic E-state index is 13.1. The van der Waals surface area contributed by atoms with Crippen LogP contribution in [0.25, 0.3) is 0 Å². The highest BCUT2D eigenvalue weighted by molar-refractivity contribution is 5.92. The predicted octanol–water partition coefficient (Wildman–Crippen LogP) is 3.52. The second kappa shape index (κ2) is 4.96. The number of hydrogen-bond donors (Lipinski definition) is 0. The molecule has 0 unspecified atom stereocenters. The number of benzene rings is 1. The van der Waals surface area contributed by atoms with Gasteiger partial charge in [-0.1, -0.05) is 0 Å². The molecule has 18 heavy (non-hydrogen) atoms. The third kappa shape index (κ3) is 2.71. The SMILES string of the molecule is CC(=O)c1ccc(Oc2ccc(F)c(C)c2)cn1. The van der Waals surface area contributed by atoms with Crippen molar-refractivity contribution < 1.29 is 13.9 Å². The zero-order valence-electron chi connectivity index (χ0n) is 10.1. The lowest BCUT2D eigenvalue weighted by Gasteiger charge is -2.06. The Labute approximate surface area is 104 Å². The summed E-state index contributed by atoms with van der Waals surface area (Å²) in [5, 5.41) is 0. The highest BCUT2D eigenvalue weighted by atomic mass is 19.1. The van der Waals surface area contributed by atoms with E-state index in [1.165, 1.54) is 19.2 Å². The molecule has 0 amide bonds. The second-order valence-corrected chi connectivity index (χ2v) is 3.95. The largest absolute Gasteiger partial charge is 0.456 e. The third-order valence-electron chi connectivity index (χ3n) is 2.46. The molecule has 92 valence electrons. The zero-order chi connectivity index (χ0) is 13.1. The summed E-state index contributed by atoms with van der Waals surface area (Å²) < 4.78 is 18.6. The first-order valence-corrected chi connectivity index (χ1v) is 5.47. The Bertz CT molecular complexity index is 579. The van der Waals surface area contributed by atoms with Gasteiger partial charge in [-0.2, -0.15) is 0 Å². The number of pyridine rings is 1. The van der Waals surface area contributed by atoms with Crippen LogP contribution in [0.5, 0.6) is 11.5 Å². The molecule has 0 radical (unpaired) electrons. The van der Waals surface area contributed by atoms with E-state index >= 15 is 0 Å². The number of hydrogen-bond acceptors (Lipinski definition) is 3. The lowest BCUT2D eigenvalue weighted by atomic mass is 10.2. The summed E-state index contributed by atoms with van der Waals surface area (Å²) in [7, 11) is 0. The predicted molar refractivity (Wildman–Crippen MR) is 65.5 cm³/mol. The molecule has 0 aliphatic carbocycles. The van der Waals surface area contributed by atoms with Gasteiger partial charge in [-0.05, 0) is 42.8 Å². The minimum atomic E-state index is -0.271. The number of ether oxygens (including phenoxy) is 1. The van der Waals surface area contributed by atoms with Crippen molar-refractivity contribution in [3.63, 3.8) is 0 Å². The summed E-state index contributed by atoms with van der Waals surface area (Å²) >= 11 is 0. The van der Waals surface area contributed by atoms with E-state index in [-0.39, 0.29) is 11.6 Å². The fraction of sp³-hybridized carbons (Fsp3) is 0.143. The van der Waals surface area contributed by atoms with Gasteiger partial charge < -0.3 is 4.74 Å². The number of Topliss-reactive ketones (excluding diaryl/α,β-unsaturated/α-hetero) is 1. The standard InChI is InChI=1S/C14H12FNO2/c1-9-7-11(3-5-13(9)15)18-12-4-6-14(10(2)17)16-8-12/h3-8H,1-2H3. The highest BCUT2D eigenvalue weighted by Gasteiger charge is 2.04. The molecule has 0 saturated carbocycles. The van der Waals surface area contributed by atoms with Gasteiger partial charge in [0, 0.05) is 6.92 Å². The third-order valence-corrected chi connectivity index (χ3v) is 2.46. The fourth-order valence-electron chi connectivity index (χ4n) is 1.47. The molecule has 1 aromatic carbocycles. The summed E-state index contributed by atoms with van der Waals surface area (Å²) in [4.78, 5) is 15.0. The number of carbonyl (C=O) groups excluding carboxylic acids is 1. The van der Waals surface area contributed by atoms with Crippen LogP contribution >= 0.6 is 0 Å². The number of halogens is 1. The Morgan fingerprint density at radius 1 is 1.22 bits per heavy atom. The highest BCUT2D eigenvalue weighted by Crippen LogP contribution is 2.22. The molecule has 2 aromatic rings. The van der Waals surface area contributed by atoms with Gasteiger partial charge in [0.15, 0.2) is 5.78 Å². The average Bonchev–Trinajstić information content (AvgIpc) is 2.34. The molecule has 4 heteroatoms. The van der Waals surface area contributed by atoms with Gasteiger partial charge in [0.2, 0.25) is 0 Å². The number of rotatable bonds is 3. The fourth-order valence-corrected chi connectivity index (χ4v) is 1.47. The number of ketones is 1. The molecule has 0 atom stereocenters. The molecule has 0 N–H and O–H groups in total. The lowest BCUT2D eigenvalue weighted by Crippen LogP contribution is -1.96. The Kier molecular flexibility index (Phi) is 3.37. The van der Waals surface area contributed by atoms with Crippen molar-refractivity contribution in [2.24, 2.45) is 0 Å². The van der Waals surface area contributed by atoms with E-state index in [9.17, 15) is 9.18 Å². The van der Waals surface area contributed by atoms with E-state index in [0.29, 0.717) is 22.8 Å². The van der Waals surface area contributed by atoms with Crippen LogP contribution in [-0.2, 0) is 0 Å². The number of nitrogens with zero attached hydrogens (tertiary/aromatic N) is 1. The molecule has 3 nitrogen and oxygen atoms in total. The summed E-state index contributed by atoms with van der Waals surface area (Å²) in [5.74, 6) is 0.670. The average molecular weight is 245 g/mol. The number of aromatic nitrogens is 1. The maximum Gasteiger partial charge on any atom is 0.178 e. The minimum Gasteiger partial charge on any atom is -0.456 e. The van der Waals surface area contributed by atoms with E-state index in [0.717, 1.165) is 0 Å². The van der Waals surface area contributed by atoms with Crippen LogP contribution < -0.4 is 4.74 Å². The molecule has 0 saturated heterocycles. The van der Waals surface area contributed by atoms with Gasteiger partial charge in [-0.3, -0.25) is 4.79 Å². The van der Waals surface area contributed by atoms with Gasteiger partial charge in [0.05, 0.1) is 6.20 Å². The van der Waals surface area contributed by atoms with Crippen molar-refractivity contribution in [1.29, 1.82) is 0 Å². The second-order valence-electron chi connectivity index (χ2n) is 3.95. The van der Waals surface area contributed by atoms with Gasteiger partial charge in [0.1, 0.15) is 23.0 Å². The van der Waals surface area contributed by atoms with Gasteiger partial charge in [-0.25, -0.2) is 9.37 Å². The first-order chi connectivity index (χ1) is 8.56. The Balaban J connectivity index is 2.18. The summed E-state index contributed by atoms with van der Waals surface area (Å²) in [6, 6.07) is 7.74. The number of carbonyl (C=O) groups is 1. The van der Waals surface area contributed by atoms with Crippen LogP contribution in [-0.4, -0.2) is 10.8 Å². The molecule has 0 fully saturated rings. The van der Waals surface area contributed by atoms with Crippen LogP contribution in [0.3, 0.4) is 0 Å². The summed E-state index contributed by atoms with van der Waals surface area (Å²) in [6.45, 7) is 3.12. The van der Waals surface area contributed by atoms with E-state index in [4.69, 9.17) is 4.74 Å². The van der Waals surface area contributed by atoms with Crippen molar-refractivity contribution >= 4 is 5.78 Å². The monoisotopic (exact) mass is 245 g/mol. The van der Waals surface area contributed by atoms with E-state index in [2.05, 4.69) is 4.98 Å². The van der Waals surface area contributed by atoms with Crippen LogP contribution in [0.2, 0.25) is 0 Å². The molecular formula is C14H12FNO2. The zero-order valence-corrected chi connectivity index (χ0v) is 10.1. The number of aryl methyl sites for hydroxylation is 1. The molecule has 1 heterocycles. The molecule has 0 spiro atoms. The van der Waals surface area contributed by atoms with Gasteiger partial charge in [-0.15, -0.1) is 0 Å². The molecule has 0 aliphatic heterocycles. The Morgan fingerprint density at radius 2 is 1.94 bits per heavy atom. The molecule has 1 aromatic heterocycles. The van der Waals surface area contributed by atoms with Gasteiger partial charge >= 0.3 is 0 Å². The summed E-state index contributed by atoms with van der Waals surface area (Å²) in [6.07, 6.45) is 1.47. The van der Waals surface area contributed by atoms with Crippen LogP contribution in [0.1, 0.15) is 23.0 Å². The summed E-state index contributed by atoms with van der Waals surface area (Å²) in [5.41, 5.74) is 0.901. The minimum absolute atomic E-state index is 0.0980. The molecule has 0 aliphatic rings. The first-order valence-electron chi connectivity index (χ1n) is 5.47. The van der Waals surface area contributed by atoms with E-state index in [1.54, 1.807) is 31.2 Å². The topological polar surface area (TPSA) is 39.2 Å². The van der Waals surface area contributed by atoms with Gasteiger partial charge in [0.25, 0.3) is 0 Å². The van der Waals surface area contributed by atoms with Crippen molar-refractivity contribution in [1.82, 2.24) is 4.98 Å². The smallest absolute Gasteiger partial charge is 0.178 e. The normalized spacial score (nSPS) is 10.2. The lowest BCUT2D eigenvalue weighted by molar-refractivity contribution is 0.101. The Hall–Kier alpha value is -2.23. The molecule has 2 rings (SSSR count). The van der Waals surface area contributed by atoms with Crippen LogP contribution in [0.4, 0.5) is 4.39 Å². The van der Waals surface area contributed by atoms with Crippen molar-refractivity contribution in [2.75, 3.05) is 0 Å². The molecular weight excluding hydrogens is 233 g/mol. The maximum absolute atomic E-state index is 13.1. The van der Waals surface area contributed by atoms with E-state index < -0.39 is 0 Å². The Morgan fingerprint density at radius 3 is 2.50 bits per heavy atom. The first kappa shape index (κ1) is 12.2. The quantitative estimate of drug-likeness (QED) is 0.776. The van der Waals surface area contributed by atoms with Crippen molar-refractivity contribution in [3.05, 3.63) is 53.6 Å². The van der Waals surface area contributed by atoms with E-state index in [1.807, 2.05) is 0 Å². The van der Waals surface area contributed by atoms with Crippen molar-refractivity contribution in [3.8, 4) is 11.5 Å². The van der Waals surface area contributed by atoms with Crippen molar-refractivity contribution in [2.45, 2.75) is 13.8 Å². The van der Waals surface area contributed by atoms with Crippen LogP contribution in [0.15, 0.2) is 36.5 Å². The molecule has 0 bridgehead atoms.